The van der Waals surface area contributed by atoms with E-state index in [2.05, 4.69) is 16.3 Å². The Morgan fingerprint density at radius 1 is 0.952 bits per heavy atom. The zero-order valence-electron chi connectivity index (χ0n) is 11.8. The zero-order chi connectivity index (χ0) is 13.8. The first-order valence-corrected chi connectivity index (χ1v) is 6.87. The van der Waals surface area contributed by atoms with Crippen molar-refractivity contribution in [2.75, 3.05) is 42.3 Å². The highest BCUT2D eigenvalue weighted by atomic mass is 35.5. The van der Waals surface area contributed by atoms with Crippen LogP contribution in [0, 0.1) is 0 Å². The van der Waals surface area contributed by atoms with Crippen LogP contribution in [0.15, 0.2) is 48.5 Å². The molecule has 0 amide bonds. The van der Waals surface area contributed by atoms with Gasteiger partial charge in [-0.1, -0.05) is 18.2 Å². The molecule has 1 heterocycles. The molecule has 3 N–H and O–H groups in total. The fourth-order valence-electron chi connectivity index (χ4n) is 2.39. The number of halogens is 1. The molecule has 5 heteroatoms. The molecule has 21 heavy (non-hydrogen) atoms. The van der Waals surface area contributed by atoms with Gasteiger partial charge in [0.1, 0.15) is 0 Å². The monoisotopic (exact) mass is 305 g/mol. The number of benzene rings is 2. The summed E-state index contributed by atoms with van der Waals surface area (Å²) in [6, 6.07) is 16.2. The lowest BCUT2D eigenvalue weighted by molar-refractivity contribution is 0.123. The minimum Gasteiger partial charge on any atom is -0.397 e. The van der Waals surface area contributed by atoms with Gasteiger partial charge < -0.3 is 20.7 Å². The van der Waals surface area contributed by atoms with Crippen LogP contribution in [0.25, 0.3) is 0 Å². The van der Waals surface area contributed by atoms with Gasteiger partial charge >= 0.3 is 0 Å². The van der Waals surface area contributed by atoms with E-state index in [1.165, 1.54) is 0 Å². The second kappa shape index (κ2) is 7.20. The van der Waals surface area contributed by atoms with Gasteiger partial charge in [-0.25, -0.2) is 0 Å². The summed E-state index contributed by atoms with van der Waals surface area (Å²) in [6.07, 6.45) is 0. The fourth-order valence-corrected chi connectivity index (χ4v) is 2.39. The molecule has 2 aromatic carbocycles. The molecule has 0 radical (unpaired) electrons. The Balaban J connectivity index is 0.00000161. The standard InChI is InChI=1S/C16H19N3O.ClH/c17-15-7-6-14(18-13-4-2-1-3-5-13)12-16(15)19-8-10-20-11-9-19;/h1-7,12,18H,8-11,17H2;1H. The lowest BCUT2D eigenvalue weighted by Gasteiger charge is -2.30. The minimum absolute atomic E-state index is 0. The van der Waals surface area contributed by atoms with E-state index in [9.17, 15) is 0 Å². The number of nitrogens with zero attached hydrogens (tertiary/aromatic N) is 1. The van der Waals surface area contributed by atoms with Gasteiger partial charge in [0.15, 0.2) is 0 Å². The summed E-state index contributed by atoms with van der Waals surface area (Å²) in [4.78, 5) is 2.27. The van der Waals surface area contributed by atoms with E-state index in [0.717, 1.165) is 49.1 Å². The van der Waals surface area contributed by atoms with Crippen LogP contribution in [0.1, 0.15) is 0 Å². The van der Waals surface area contributed by atoms with Gasteiger partial charge in [0.2, 0.25) is 0 Å². The highest BCUT2D eigenvalue weighted by Gasteiger charge is 2.14. The highest BCUT2D eigenvalue weighted by molar-refractivity contribution is 5.85. The lowest BCUT2D eigenvalue weighted by Crippen LogP contribution is -2.36. The summed E-state index contributed by atoms with van der Waals surface area (Å²) in [6.45, 7) is 3.30. The molecule has 1 fully saturated rings. The molecule has 0 unspecified atom stereocenters. The van der Waals surface area contributed by atoms with Crippen LogP contribution in [0.3, 0.4) is 0 Å². The number of rotatable bonds is 3. The molecular formula is C16H20ClN3O. The van der Waals surface area contributed by atoms with Crippen LogP contribution in [0.5, 0.6) is 0 Å². The van der Waals surface area contributed by atoms with Crippen molar-refractivity contribution < 1.29 is 4.74 Å². The van der Waals surface area contributed by atoms with E-state index in [1.807, 2.05) is 42.5 Å². The third-order valence-corrected chi connectivity index (χ3v) is 3.44. The number of nitrogen functional groups attached to an aromatic ring is 1. The summed E-state index contributed by atoms with van der Waals surface area (Å²) < 4.78 is 5.39. The summed E-state index contributed by atoms with van der Waals surface area (Å²) >= 11 is 0. The first-order chi connectivity index (χ1) is 9.83. The fraction of sp³-hybridized carbons (Fsp3) is 0.250. The predicted octanol–water partition coefficient (Wildman–Crippen LogP) is 3.27. The van der Waals surface area contributed by atoms with Crippen molar-refractivity contribution in [3.8, 4) is 0 Å². The van der Waals surface area contributed by atoms with Gasteiger partial charge in [0.05, 0.1) is 24.6 Å². The quantitative estimate of drug-likeness (QED) is 0.855. The Kier molecular flexibility index (Phi) is 5.31. The van der Waals surface area contributed by atoms with E-state index in [1.54, 1.807) is 0 Å². The van der Waals surface area contributed by atoms with E-state index in [4.69, 9.17) is 10.5 Å². The normalized spacial score (nSPS) is 14.4. The second-order valence-electron chi connectivity index (χ2n) is 4.86. The van der Waals surface area contributed by atoms with Crippen molar-refractivity contribution >= 4 is 35.2 Å². The maximum absolute atomic E-state index is 6.10. The van der Waals surface area contributed by atoms with Gasteiger partial charge in [-0.15, -0.1) is 12.4 Å². The molecule has 0 aromatic heterocycles. The number of morpholine rings is 1. The number of nitrogens with one attached hydrogen (secondary N) is 1. The largest absolute Gasteiger partial charge is 0.397 e. The summed E-state index contributed by atoms with van der Waals surface area (Å²) in [7, 11) is 0. The Labute approximate surface area is 131 Å². The molecule has 4 nitrogen and oxygen atoms in total. The smallest absolute Gasteiger partial charge is 0.0642 e. The van der Waals surface area contributed by atoms with Crippen molar-refractivity contribution in [1.82, 2.24) is 0 Å². The molecule has 0 spiro atoms. The van der Waals surface area contributed by atoms with E-state index in [0.29, 0.717) is 0 Å². The van der Waals surface area contributed by atoms with E-state index < -0.39 is 0 Å². The zero-order valence-corrected chi connectivity index (χ0v) is 12.6. The molecule has 0 bridgehead atoms. The van der Waals surface area contributed by atoms with Crippen molar-refractivity contribution in [2.24, 2.45) is 0 Å². The molecule has 0 aliphatic carbocycles. The number of ether oxygens (including phenoxy) is 1. The van der Waals surface area contributed by atoms with E-state index >= 15 is 0 Å². The summed E-state index contributed by atoms with van der Waals surface area (Å²) in [5, 5.41) is 3.40. The maximum atomic E-state index is 6.10. The average molecular weight is 306 g/mol. The first-order valence-electron chi connectivity index (χ1n) is 6.87. The Morgan fingerprint density at radius 3 is 2.38 bits per heavy atom. The molecule has 1 aliphatic rings. The molecular weight excluding hydrogens is 286 g/mol. The molecule has 1 aliphatic heterocycles. The molecule has 3 rings (SSSR count). The SMILES string of the molecule is Cl.Nc1ccc(Nc2ccccc2)cc1N1CCOCC1. The van der Waals surface area contributed by atoms with Crippen LogP contribution in [-0.4, -0.2) is 26.3 Å². The Bertz CT molecular complexity index is 571. The topological polar surface area (TPSA) is 50.5 Å². The Morgan fingerprint density at radius 2 is 1.67 bits per heavy atom. The van der Waals surface area contributed by atoms with Crippen molar-refractivity contribution in [3.63, 3.8) is 0 Å². The highest BCUT2D eigenvalue weighted by Crippen LogP contribution is 2.29. The molecule has 2 aromatic rings. The minimum atomic E-state index is 0. The van der Waals surface area contributed by atoms with Crippen LogP contribution >= 0.6 is 12.4 Å². The summed E-state index contributed by atoms with van der Waals surface area (Å²) in [5.74, 6) is 0. The lowest BCUT2D eigenvalue weighted by atomic mass is 10.2. The van der Waals surface area contributed by atoms with Crippen LogP contribution < -0.4 is 16.0 Å². The number of nitrogens with two attached hydrogens (primary N) is 1. The van der Waals surface area contributed by atoms with Crippen molar-refractivity contribution in [3.05, 3.63) is 48.5 Å². The van der Waals surface area contributed by atoms with Gasteiger partial charge in [0, 0.05) is 24.5 Å². The van der Waals surface area contributed by atoms with Crippen molar-refractivity contribution in [2.45, 2.75) is 0 Å². The Hall–Kier alpha value is -1.91. The van der Waals surface area contributed by atoms with E-state index in [-0.39, 0.29) is 12.4 Å². The van der Waals surface area contributed by atoms with Gasteiger partial charge in [-0.05, 0) is 30.3 Å². The van der Waals surface area contributed by atoms with Crippen molar-refractivity contribution in [1.29, 1.82) is 0 Å². The van der Waals surface area contributed by atoms with Gasteiger partial charge in [0.25, 0.3) is 0 Å². The van der Waals surface area contributed by atoms with Crippen LogP contribution in [0.4, 0.5) is 22.7 Å². The molecule has 1 saturated heterocycles. The average Bonchev–Trinajstić information content (AvgIpc) is 2.51. The third-order valence-electron chi connectivity index (χ3n) is 3.44. The number of anilines is 4. The molecule has 112 valence electrons. The summed E-state index contributed by atoms with van der Waals surface area (Å²) in [5.41, 5.74) is 10.1. The van der Waals surface area contributed by atoms with Crippen LogP contribution in [-0.2, 0) is 4.74 Å². The first kappa shape index (κ1) is 15.5. The second-order valence-corrected chi connectivity index (χ2v) is 4.86. The number of hydrogen-bond donors (Lipinski definition) is 2. The number of hydrogen-bond acceptors (Lipinski definition) is 4. The van der Waals surface area contributed by atoms with Gasteiger partial charge in [-0.2, -0.15) is 0 Å². The maximum Gasteiger partial charge on any atom is 0.0642 e. The number of para-hydroxylation sites is 1. The molecule has 0 saturated carbocycles. The predicted molar refractivity (Wildman–Crippen MR) is 90.9 cm³/mol. The third kappa shape index (κ3) is 3.80. The van der Waals surface area contributed by atoms with Crippen LogP contribution in [0.2, 0.25) is 0 Å². The van der Waals surface area contributed by atoms with Gasteiger partial charge in [-0.3, -0.25) is 0 Å². The molecule has 0 atom stereocenters.